The van der Waals surface area contributed by atoms with Crippen molar-refractivity contribution in [3.05, 3.63) is 56.9 Å². The summed E-state index contributed by atoms with van der Waals surface area (Å²) in [7, 11) is 1.82. The molecule has 0 saturated heterocycles. The number of halogens is 1. The highest BCUT2D eigenvalue weighted by Crippen LogP contribution is 2.26. The number of fused-ring (bicyclic) bond motifs is 2. The number of carbonyl (C=O) groups excluding carboxylic acids is 1. The van der Waals surface area contributed by atoms with Crippen LogP contribution in [0.3, 0.4) is 0 Å². The molecule has 0 aliphatic heterocycles. The average molecular weight is 386 g/mol. The van der Waals surface area contributed by atoms with E-state index in [0.29, 0.717) is 22.2 Å². The average Bonchev–Trinajstić information content (AvgIpc) is 3.15. The molecule has 0 radical (unpaired) electrons. The maximum atomic E-state index is 12.3. The number of aromatic nitrogens is 6. The Bertz CT molecular complexity index is 1240. The summed E-state index contributed by atoms with van der Waals surface area (Å²) in [4.78, 5) is 32.6. The summed E-state index contributed by atoms with van der Waals surface area (Å²) < 4.78 is 2.93. The zero-order chi connectivity index (χ0) is 19.1. The molecule has 138 valence electrons. The van der Waals surface area contributed by atoms with Crippen LogP contribution in [0.5, 0.6) is 0 Å². The predicted octanol–water partition coefficient (Wildman–Crippen LogP) is 1.13. The highest BCUT2D eigenvalue weighted by molar-refractivity contribution is 6.35. The van der Waals surface area contributed by atoms with Crippen LogP contribution in [-0.2, 0) is 24.8 Å². The van der Waals surface area contributed by atoms with Crippen molar-refractivity contribution >= 4 is 34.2 Å². The minimum Gasteiger partial charge on any atom is -0.350 e. The summed E-state index contributed by atoms with van der Waals surface area (Å²) in [5.41, 5.74) is 1.88. The summed E-state index contributed by atoms with van der Waals surface area (Å²) in [6, 6.07) is 6.96. The molecule has 0 spiro atoms. The number of hydrogen-bond acceptors (Lipinski definition) is 5. The van der Waals surface area contributed by atoms with Gasteiger partial charge in [0.1, 0.15) is 5.82 Å². The third-order valence-electron chi connectivity index (χ3n) is 4.19. The van der Waals surface area contributed by atoms with Crippen molar-refractivity contribution in [3.8, 4) is 0 Å². The highest BCUT2D eigenvalue weighted by Gasteiger charge is 2.14. The summed E-state index contributed by atoms with van der Waals surface area (Å²) >= 11 is 6.27. The normalized spacial score (nSPS) is 11.4. The first-order chi connectivity index (χ1) is 12.9. The standard InChI is InChI=1S/C17H16ClN7O2/c1-9-6-15(27)25-17(20-9)21-13(23-25)7-14(26)19-8-11-16-10(18)4-3-5-12(16)24(2)22-11/h3-6H,7-8H2,1-2H3,(H,19,26)(H,20,21,23). The lowest BCUT2D eigenvalue weighted by Crippen LogP contribution is -2.25. The summed E-state index contributed by atoms with van der Waals surface area (Å²) in [5.74, 6) is 0.335. The first-order valence-electron chi connectivity index (χ1n) is 8.24. The van der Waals surface area contributed by atoms with Crippen LogP contribution in [0.4, 0.5) is 0 Å². The molecule has 4 rings (SSSR count). The van der Waals surface area contributed by atoms with Crippen LogP contribution in [0.2, 0.25) is 5.02 Å². The molecule has 0 atom stereocenters. The Labute approximate surface area is 158 Å². The van der Waals surface area contributed by atoms with Crippen LogP contribution in [0.25, 0.3) is 16.7 Å². The fourth-order valence-corrected chi connectivity index (χ4v) is 3.27. The van der Waals surface area contributed by atoms with Gasteiger partial charge in [-0.2, -0.15) is 14.6 Å². The first kappa shape index (κ1) is 17.2. The molecular formula is C17H16ClN7O2. The molecule has 0 unspecified atom stereocenters. The van der Waals surface area contributed by atoms with Gasteiger partial charge in [-0.3, -0.25) is 19.4 Å². The van der Waals surface area contributed by atoms with Gasteiger partial charge in [0.25, 0.3) is 11.3 Å². The van der Waals surface area contributed by atoms with Gasteiger partial charge in [0.2, 0.25) is 5.91 Å². The van der Waals surface area contributed by atoms with Gasteiger partial charge in [-0.1, -0.05) is 17.7 Å². The molecular weight excluding hydrogens is 370 g/mol. The van der Waals surface area contributed by atoms with E-state index in [0.717, 1.165) is 10.9 Å². The molecule has 3 heterocycles. The van der Waals surface area contributed by atoms with Crippen molar-refractivity contribution in [2.45, 2.75) is 19.9 Å². The van der Waals surface area contributed by atoms with Gasteiger partial charge < -0.3 is 5.32 Å². The Hall–Kier alpha value is -3.20. The molecule has 0 aliphatic carbocycles. The molecule has 2 N–H and O–H groups in total. The second kappa shape index (κ2) is 6.51. The number of aromatic amines is 1. The topological polar surface area (TPSA) is 110 Å². The minimum atomic E-state index is -0.272. The van der Waals surface area contributed by atoms with Crippen LogP contribution in [-0.4, -0.2) is 35.3 Å². The molecule has 0 saturated carbocycles. The molecule has 27 heavy (non-hydrogen) atoms. The van der Waals surface area contributed by atoms with Crippen molar-refractivity contribution in [3.63, 3.8) is 0 Å². The molecule has 9 nitrogen and oxygen atoms in total. The lowest BCUT2D eigenvalue weighted by molar-refractivity contribution is -0.120. The van der Waals surface area contributed by atoms with E-state index in [1.165, 1.54) is 10.6 Å². The number of amides is 1. The molecule has 0 aliphatic rings. The number of H-pyrrole nitrogens is 1. The predicted molar refractivity (Wildman–Crippen MR) is 99.6 cm³/mol. The fourth-order valence-electron chi connectivity index (χ4n) is 2.99. The van der Waals surface area contributed by atoms with Gasteiger partial charge in [0, 0.05) is 24.2 Å². The molecule has 0 fully saturated rings. The first-order valence-corrected chi connectivity index (χ1v) is 8.62. The third kappa shape index (κ3) is 3.17. The summed E-state index contributed by atoms with van der Waals surface area (Å²) in [5, 5.41) is 11.4. The second-order valence-electron chi connectivity index (χ2n) is 6.20. The SMILES string of the molecule is Cc1cc(=O)n2[nH]c(CC(=O)NCc3nn(C)c4cccc(Cl)c34)nc2n1. The Balaban J connectivity index is 1.51. The van der Waals surface area contributed by atoms with Crippen LogP contribution in [0.15, 0.2) is 29.1 Å². The molecule has 3 aromatic heterocycles. The number of benzene rings is 1. The second-order valence-corrected chi connectivity index (χ2v) is 6.61. The van der Waals surface area contributed by atoms with Gasteiger partial charge in [-0.15, -0.1) is 0 Å². The summed E-state index contributed by atoms with van der Waals surface area (Å²) in [6.45, 7) is 1.95. The van der Waals surface area contributed by atoms with Crippen molar-refractivity contribution in [2.75, 3.05) is 0 Å². The van der Waals surface area contributed by atoms with E-state index in [-0.39, 0.29) is 30.2 Å². The Morgan fingerprint density at radius 1 is 1.33 bits per heavy atom. The number of aryl methyl sites for hydroxylation is 2. The number of carbonyl (C=O) groups is 1. The molecule has 4 aromatic rings. The van der Waals surface area contributed by atoms with Crippen LogP contribution < -0.4 is 10.9 Å². The monoisotopic (exact) mass is 385 g/mol. The molecule has 10 heteroatoms. The van der Waals surface area contributed by atoms with Crippen LogP contribution in [0, 0.1) is 6.92 Å². The van der Waals surface area contributed by atoms with Crippen molar-refractivity contribution in [1.82, 2.24) is 34.7 Å². The smallest absolute Gasteiger partial charge is 0.274 e. The Morgan fingerprint density at radius 3 is 2.96 bits per heavy atom. The maximum absolute atomic E-state index is 12.3. The lowest BCUT2D eigenvalue weighted by Gasteiger charge is -2.02. The van der Waals surface area contributed by atoms with Gasteiger partial charge >= 0.3 is 0 Å². The largest absolute Gasteiger partial charge is 0.350 e. The highest BCUT2D eigenvalue weighted by atomic mass is 35.5. The number of nitrogens with one attached hydrogen (secondary N) is 2. The molecule has 0 bridgehead atoms. The van der Waals surface area contributed by atoms with Gasteiger partial charge in [-0.25, -0.2) is 4.98 Å². The van der Waals surface area contributed by atoms with Crippen molar-refractivity contribution in [2.24, 2.45) is 7.05 Å². The quantitative estimate of drug-likeness (QED) is 0.547. The maximum Gasteiger partial charge on any atom is 0.274 e. The van der Waals surface area contributed by atoms with E-state index in [2.05, 4.69) is 25.5 Å². The van der Waals surface area contributed by atoms with E-state index in [4.69, 9.17) is 11.6 Å². The zero-order valence-electron chi connectivity index (χ0n) is 14.7. The molecule has 1 amide bonds. The van der Waals surface area contributed by atoms with Crippen molar-refractivity contribution < 1.29 is 4.79 Å². The number of nitrogens with zero attached hydrogens (tertiary/aromatic N) is 5. The fraction of sp³-hybridized carbons (Fsp3) is 0.235. The third-order valence-corrected chi connectivity index (χ3v) is 4.50. The Morgan fingerprint density at radius 2 is 2.15 bits per heavy atom. The van der Waals surface area contributed by atoms with Crippen LogP contribution in [0.1, 0.15) is 17.2 Å². The number of rotatable bonds is 4. The molecule has 1 aromatic carbocycles. The van der Waals surface area contributed by atoms with E-state index in [1.807, 2.05) is 19.2 Å². The van der Waals surface area contributed by atoms with Crippen LogP contribution >= 0.6 is 11.6 Å². The van der Waals surface area contributed by atoms with Gasteiger partial charge in [0.05, 0.1) is 29.2 Å². The van der Waals surface area contributed by atoms with E-state index >= 15 is 0 Å². The van der Waals surface area contributed by atoms with Gasteiger partial charge in [-0.05, 0) is 19.1 Å². The van der Waals surface area contributed by atoms with E-state index < -0.39 is 0 Å². The van der Waals surface area contributed by atoms with E-state index in [1.54, 1.807) is 17.7 Å². The minimum absolute atomic E-state index is 0.0135. The lowest BCUT2D eigenvalue weighted by atomic mass is 10.2. The van der Waals surface area contributed by atoms with Gasteiger partial charge in [0.15, 0.2) is 0 Å². The number of hydrogen-bond donors (Lipinski definition) is 2. The Kier molecular flexibility index (Phi) is 4.15. The zero-order valence-corrected chi connectivity index (χ0v) is 15.4. The van der Waals surface area contributed by atoms with E-state index in [9.17, 15) is 9.59 Å². The van der Waals surface area contributed by atoms with Crippen molar-refractivity contribution in [1.29, 1.82) is 0 Å². The summed E-state index contributed by atoms with van der Waals surface area (Å²) in [6.07, 6.45) is -0.0135.